The number of imidazole rings is 2. The number of amides is 2. The molecule has 48 heavy (non-hydrogen) atoms. The van der Waals surface area contributed by atoms with Crippen molar-refractivity contribution in [2.24, 2.45) is 23.2 Å². The Morgan fingerprint density at radius 3 is 1.52 bits per heavy atom. The van der Waals surface area contributed by atoms with E-state index in [-0.39, 0.29) is 61.4 Å². The van der Waals surface area contributed by atoms with Crippen molar-refractivity contribution < 1.29 is 18.4 Å². The Hall–Kier alpha value is -4.34. The summed E-state index contributed by atoms with van der Waals surface area (Å²) >= 11 is 0. The molecule has 1 aliphatic rings. The monoisotopic (exact) mass is 658 g/mol. The molecule has 2 amide bonds. The minimum Gasteiger partial charge on any atom is -0.346 e. The third kappa shape index (κ3) is 8.20. The fraction of sp³-hybridized carbons (Fsp3) is 0.474. The van der Waals surface area contributed by atoms with Crippen molar-refractivity contribution >= 4 is 11.8 Å². The number of hydrogen-bond acceptors (Lipinski definition) is 4. The summed E-state index contributed by atoms with van der Waals surface area (Å²) in [6.07, 6.45) is 3.48. The van der Waals surface area contributed by atoms with Gasteiger partial charge >= 0.3 is 0 Å². The number of alkyl halides is 2. The Labute approximate surface area is 282 Å². The van der Waals surface area contributed by atoms with Crippen LogP contribution >= 0.6 is 0 Å². The molecule has 4 aromatic rings. The molecule has 0 aliphatic heterocycles. The second kappa shape index (κ2) is 14.0. The van der Waals surface area contributed by atoms with Gasteiger partial charge in [0.05, 0.1) is 35.9 Å². The molecular formula is C38H48F2N6O2. The summed E-state index contributed by atoms with van der Waals surface area (Å²) in [6.45, 7) is 13.8. The maximum absolute atomic E-state index is 13.6. The zero-order valence-electron chi connectivity index (χ0n) is 29.0. The molecular weight excluding hydrogens is 610 g/mol. The molecule has 1 saturated carbocycles. The van der Waals surface area contributed by atoms with Crippen molar-refractivity contribution in [1.29, 1.82) is 0 Å². The lowest BCUT2D eigenvalue weighted by Gasteiger charge is -2.29. The molecule has 0 spiro atoms. The molecule has 0 saturated heterocycles. The van der Waals surface area contributed by atoms with Crippen LogP contribution in [0.2, 0.25) is 0 Å². The lowest BCUT2D eigenvalue weighted by Crippen LogP contribution is -2.39. The number of benzene rings is 2. The van der Waals surface area contributed by atoms with Gasteiger partial charge in [0.25, 0.3) is 0 Å². The minimum atomic E-state index is -2.67. The average molecular weight is 659 g/mol. The number of halogens is 2. The quantitative estimate of drug-likeness (QED) is 0.137. The van der Waals surface area contributed by atoms with Crippen LogP contribution in [-0.4, -0.2) is 37.7 Å². The van der Waals surface area contributed by atoms with E-state index in [2.05, 4.69) is 80.8 Å². The van der Waals surface area contributed by atoms with Crippen LogP contribution in [0.3, 0.4) is 0 Å². The molecule has 2 aromatic heterocycles. The summed E-state index contributed by atoms with van der Waals surface area (Å²) in [4.78, 5) is 41.6. The SMILES string of the molecule is CC(C)C(NC(=O)C1CCC(F)(F)CC1)c1ncc(-c2ccc(-c3ccc(-c4cnc([C@@H](NC(=O)C(C)(C)C)C(C)C)[nH]4)cc3)cc2)[nH]1. The van der Waals surface area contributed by atoms with Gasteiger partial charge in [0.2, 0.25) is 17.7 Å². The van der Waals surface area contributed by atoms with Crippen molar-refractivity contribution in [3.63, 3.8) is 0 Å². The first-order valence-corrected chi connectivity index (χ1v) is 16.9. The number of nitrogens with one attached hydrogen (secondary N) is 4. The maximum Gasteiger partial charge on any atom is 0.248 e. The molecule has 1 fully saturated rings. The fourth-order valence-electron chi connectivity index (χ4n) is 6.00. The lowest BCUT2D eigenvalue weighted by atomic mass is 9.86. The van der Waals surface area contributed by atoms with E-state index in [1.807, 2.05) is 52.9 Å². The number of rotatable bonds is 10. The van der Waals surface area contributed by atoms with Crippen LogP contribution in [0.15, 0.2) is 60.9 Å². The molecule has 2 atom stereocenters. The van der Waals surface area contributed by atoms with Gasteiger partial charge in [0, 0.05) is 24.2 Å². The first kappa shape index (κ1) is 35.0. The van der Waals surface area contributed by atoms with Gasteiger partial charge in [-0.3, -0.25) is 9.59 Å². The lowest BCUT2D eigenvalue weighted by molar-refractivity contribution is -0.130. The van der Waals surface area contributed by atoms with Crippen LogP contribution in [0.4, 0.5) is 8.78 Å². The molecule has 2 heterocycles. The molecule has 0 radical (unpaired) electrons. The maximum atomic E-state index is 13.6. The smallest absolute Gasteiger partial charge is 0.248 e. The van der Waals surface area contributed by atoms with Crippen LogP contribution in [0.5, 0.6) is 0 Å². The van der Waals surface area contributed by atoms with Crippen molar-refractivity contribution in [2.45, 2.75) is 92.2 Å². The summed E-state index contributed by atoms with van der Waals surface area (Å²) in [5.74, 6) is -1.66. The van der Waals surface area contributed by atoms with E-state index in [9.17, 15) is 18.4 Å². The first-order valence-electron chi connectivity index (χ1n) is 16.9. The van der Waals surface area contributed by atoms with Gasteiger partial charge in [-0.15, -0.1) is 0 Å². The molecule has 256 valence electrons. The van der Waals surface area contributed by atoms with E-state index in [1.54, 1.807) is 6.20 Å². The largest absolute Gasteiger partial charge is 0.346 e. The van der Waals surface area contributed by atoms with E-state index >= 15 is 0 Å². The summed E-state index contributed by atoms with van der Waals surface area (Å²) in [7, 11) is 0. The number of aromatic amines is 2. The number of nitrogens with zero attached hydrogens (tertiary/aromatic N) is 2. The molecule has 10 heteroatoms. The second-order valence-corrected chi connectivity index (χ2v) is 14.8. The zero-order valence-corrected chi connectivity index (χ0v) is 29.0. The van der Waals surface area contributed by atoms with Gasteiger partial charge in [-0.05, 0) is 46.9 Å². The Bertz CT molecular complexity index is 1690. The van der Waals surface area contributed by atoms with Crippen molar-refractivity contribution in [1.82, 2.24) is 30.6 Å². The predicted molar refractivity (Wildman–Crippen MR) is 185 cm³/mol. The van der Waals surface area contributed by atoms with Crippen LogP contribution in [0.25, 0.3) is 33.6 Å². The van der Waals surface area contributed by atoms with Gasteiger partial charge in [-0.1, -0.05) is 97.0 Å². The van der Waals surface area contributed by atoms with Crippen LogP contribution < -0.4 is 10.6 Å². The average Bonchev–Trinajstić information content (AvgIpc) is 3.72. The van der Waals surface area contributed by atoms with Crippen LogP contribution in [0.1, 0.15) is 97.9 Å². The Balaban J connectivity index is 1.24. The topological polar surface area (TPSA) is 116 Å². The van der Waals surface area contributed by atoms with Crippen LogP contribution in [-0.2, 0) is 9.59 Å². The van der Waals surface area contributed by atoms with Gasteiger partial charge in [-0.2, -0.15) is 0 Å². The van der Waals surface area contributed by atoms with Gasteiger partial charge in [0.1, 0.15) is 11.6 Å². The summed E-state index contributed by atoms with van der Waals surface area (Å²) in [6, 6.07) is 15.9. The van der Waals surface area contributed by atoms with E-state index in [0.717, 1.165) is 39.5 Å². The molecule has 8 nitrogen and oxygen atoms in total. The standard InChI is InChI=1S/C38H48F2N6O2/c1-22(2)31(45-35(47)28-16-18-38(39,40)19-17-28)33-41-20-29(43-33)26-12-8-24(9-13-26)25-10-14-27(15-11-25)30-21-42-34(44-30)32(23(3)4)46-36(48)37(5,6)7/h8-15,20-23,28,31-32H,16-19H2,1-7H3,(H,41,43)(H,42,44)(H,45,47)(H,46,48)/t31?,32-/m0/s1. The third-order valence-electron chi connectivity index (χ3n) is 9.19. The number of hydrogen-bond donors (Lipinski definition) is 4. The van der Waals surface area contributed by atoms with Crippen molar-refractivity contribution in [3.05, 3.63) is 72.6 Å². The predicted octanol–water partition coefficient (Wildman–Crippen LogP) is 8.63. The second-order valence-electron chi connectivity index (χ2n) is 14.8. The summed E-state index contributed by atoms with van der Waals surface area (Å²) in [5.41, 5.74) is 5.31. The Kier molecular flexibility index (Phi) is 10.2. The number of carbonyl (C=O) groups excluding carboxylic acids is 2. The molecule has 1 unspecified atom stereocenters. The van der Waals surface area contributed by atoms with E-state index in [0.29, 0.717) is 5.82 Å². The van der Waals surface area contributed by atoms with Gasteiger partial charge in [0.15, 0.2) is 0 Å². The fourth-order valence-corrected chi connectivity index (χ4v) is 6.00. The number of aromatic nitrogens is 4. The normalized spacial score (nSPS) is 16.6. The van der Waals surface area contributed by atoms with Gasteiger partial charge in [-0.25, -0.2) is 18.7 Å². The number of carbonyl (C=O) groups is 2. The highest BCUT2D eigenvalue weighted by atomic mass is 19.3. The first-order chi connectivity index (χ1) is 22.6. The minimum absolute atomic E-state index is 0.0146. The van der Waals surface area contributed by atoms with Crippen molar-refractivity contribution in [2.75, 3.05) is 0 Å². The molecule has 5 rings (SSSR count). The Morgan fingerprint density at radius 1 is 0.729 bits per heavy atom. The zero-order chi connectivity index (χ0) is 34.8. The van der Waals surface area contributed by atoms with E-state index in [4.69, 9.17) is 0 Å². The van der Waals surface area contributed by atoms with Crippen molar-refractivity contribution in [3.8, 4) is 33.6 Å². The number of H-pyrrole nitrogens is 2. The Morgan fingerprint density at radius 2 is 1.12 bits per heavy atom. The molecule has 4 N–H and O–H groups in total. The molecule has 0 bridgehead atoms. The summed E-state index contributed by atoms with van der Waals surface area (Å²) in [5, 5.41) is 6.21. The van der Waals surface area contributed by atoms with Crippen LogP contribution in [0, 0.1) is 23.2 Å². The van der Waals surface area contributed by atoms with E-state index in [1.165, 1.54) is 0 Å². The highest BCUT2D eigenvalue weighted by Crippen LogP contribution is 2.37. The summed E-state index contributed by atoms with van der Waals surface area (Å²) < 4.78 is 27.2. The highest BCUT2D eigenvalue weighted by molar-refractivity contribution is 5.82. The third-order valence-corrected chi connectivity index (χ3v) is 9.19. The molecule has 1 aliphatic carbocycles. The van der Waals surface area contributed by atoms with Gasteiger partial charge < -0.3 is 20.6 Å². The molecule has 2 aromatic carbocycles. The highest BCUT2D eigenvalue weighted by Gasteiger charge is 2.38. The van der Waals surface area contributed by atoms with E-state index < -0.39 is 17.3 Å².